The number of aromatic hydroxyl groups is 1. The smallest absolute Gasteiger partial charge is 0.201 e. The third kappa shape index (κ3) is 4.07. The minimum absolute atomic E-state index is 0.0133. The Morgan fingerprint density at radius 1 is 1.11 bits per heavy atom. The predicted octanol–water partition coefficient (Wildman–Crippen LogP) is 4.51. The predicted molar refractivity (Wildman–Crippen MR) is 141 cm³/mol. The standard InChI is InChI=1S/C28H37NO6S/c1-5-6-7-8-12-36-14-18-16-10-9-11-20(30)21(16)25(32)22-17(18)13-19-23(29(3)4)24(31)15(2)26(33)28(19,35)27(22)34/h9-11,17-19,23,30-31,34-35H,5-8,12-14H2,1-4H3. The van der Waals surface area contributed by atoms with Crippen molar-refractivity contribution in [2.24, 2.45) is 11.8 Å². The molecule has 0 spiro atoms. The molecule has 0 heterocycles. The lowest BCUT2D eigenvalue weighted by molar-refractivity contribution is -0.147. The maximum absolute atomic E-state index is 13.7. The van der Waals surface area contributed by atoms with E-state index in [-0.39, 0.29) is 40.6 Å². The van der Waals surface area contributed by atoms with E-state index >= 15 is 0 Å². The molecule has 0 bridgehead atoms. The second-order valence-corrected chi connectivity index (χ2v) is 11.7. The summed E-state index contributed by atoms with van der Waals surface area (Å²) in [5.74, 6) is -2.11. The quantitative estimate of drug-likeness (QED) is 0.374. The number of hydrogen-bond donors (Lipinski definition) is 4. The molecule has 0 amide bonds. The number of phenols is 1. The molecule has 1 aromatic rings. The number of allylic oxidation sites excluding steroid dienone is 1. The first kappa shape index (κ1) is 26.8. The number of thioether (sulfide) groups is 1. The number of aliphatic hydroxyl groups is 3. The lowest BCUT2D eigenvalue weighted by Gasteiger charge is -2.51. The minimum Gasteiger partial charge on any atom is -0.510 e. The first-order valence-electron chi connectivity index (χ1n) is 12.8. The summed E-state index contributed by atoms with van der Waals surface area (Å²) in [7, 11) is 3.51. The Morgan fingerprint density at radius 2 is 1.83 bits per heavy atom. The van der Waals surface area contributed by atoms with E-state index in [0.29, 0.717) is 5.75 Å². The molecule has 0 saturated carbocycles. The fraction of sp³-hybridized carbons (Fsp3) is 0.571. The van der Waals surface area contributed by atoms with E-state index in [1.807, 2.05) is 6.07 Å². The molecule has 4 rings (SSSR count). The molecule has 0 radical (unpaired) electrons. The van der Waals surface area contributed by atoms with Crippen molar-refractivity contribution in [2.75, 3.05) is 25.6 Å². The molecular weight excluding hydrogens is 478 g/mol. The number of nitrogens with zero attached hydrogens (tertiary/aromatic N) is 1. The van der Waals surface area contributed by atoms with E-state index in [1.54, 1.807) is 36.8 Å². The number of benzene rings is 1. The SMILES string of the molecule is CCCCCCSCC1c2cccc(O)c2C(=O)C2=C(O)C3(O)C(=O)C(C)=C(O)C(N(C)C)C3CC21. The summed E-state index contributed by atoms with van der Waals surface area (Å²) in [6.45, 7) is 3.60. The zero-order valence-electron chi connectivity index (χ0n) is 21.5. The average Bonchev–Trinajstić information content (AvgIpc) is 2.83. The van der Waals surface area contributed by atoms with Crippen molar-refractivity contribution < 1.29 is 30.0 Å². The number of carbonyl (C=O) groups is 2. The molecule has 196 valence electrons. The Morgan fingerprint density at radius 3 is 2.50 bits per heavy atom. The number of fused-ring (bicyclic) bond motifs is 3. The van der Waals surface area contributed by atoms with Crippen LogP contribution < -0.4 is 0 Å². The molecule has 0 saturated heterocycles. The molecule has 0 aromatic heterocycles. The monoisotopic (exact) mass is 515 g/mol. The molecule has 1 aromatic carbocycles. The largest absolute Gasteiger partial charge is 0.510 e. The van der Waals surface area contributed by atoms with E-state index in [1.165, 1.54) is 19.4 Å². The molecule has 5 unspecified atom stereocenters. The number of rotatable bonds is 8. The molecule has 7 nitrogen and oxygen atoms in total. The van der Waals surface area contributed by atoms with Crippen LogP contribution in [0.25, 0.3) is 0 Å². The highest BCUT2D eigenvalue weighted by molar-refractivity contribution is 7.99. The molecule has 0 fully saturated rings. The van der Waals surface area contributed by atoms with Crippen molar-refractivity contribution in [1.82, 2.24) is 4.90 Å². The van der Waals surface area contributed by atoms with Gasteiger partial charge in [-0.15, -0.1) is 0 Å². The Bertz CT molecular complexity index is 1130. The fourth-order valence-electron chi connectivity index (χ4n) is 6.32. The van der Waals surface area contributed by atoms with Crippen LogP contribution in [-0.4, -0.2) is 74.1 Å². The number of unbranched alkanes of at least 4 members (excludes halogenated alkanes) is 3. The number of likely N-dealkylation sites (N-methyl/N-ethyl adjacent to an activating group) is 1. The van der Waals surface area contributed by atoms with Gasteiger partial charge in [-0.25, -0.2) is 0 Å². The lowest BCUT2D eigenvalue weighted by Crippen LogP contribution is -2.63. The highest BCUT2D eigenvalue weighted by atomic mass is 32.2. The molecule has 36 heavy (non-hydrogen) atoms. The maximum Gasteiger partial charge on any atom is 0.201 e. The molecule has 3 aliphatic carbocycles. The molecule has 8 heteroatoms. The molecular formula is C28H37NO6S. The van der Waals surface area contributed by atoms with Crippen LogP contribution in [0.4, 0.5) is 0 Å². The van der Waals surface area contributed by atoms with Gasteiger partial charge >= 0.3 is 0 Å². The van der Waals surface area contributed by atoms with Crippen molar-refractivity contribution >= 4 is 23.3 Å². The van der Waals surface area contributed by atoms with Crippen LogP contribution in [0, 0.1) is 11.8 Å². The van der Waals surface area contributed by atoms with Crippen molar-refractivity contribution in [3.8, 4) is 5.75 Å². The van der Waals surface area contributed by atoms with Gasteiger partial charge in [0.25, 0.3) is 0 Å². The van der Waals surface area contributed by atoms with Crippen molar-refractivity contribution in [3.63, 3.8) is 0 Å². The number of Topliss-reactive ketones (excluding diaryl/α,β-unsaturated/α-hetero) is 2. The summed E-state index contributed by atoms with van der Waals surface area (Å²) in [6.07, 6.45) is 4.84. The molecule has 0 aliphatic heterocycles. The van der Waals surface area contributed by atoms with Crippen LogP contribution in [0.15, 0.2) is 40.9 Å². The van der Waals surface area contributed by atoms with E-state index in [0.717, 1.165) is 30.6 Å². The van der Waals surface area contributed by atoms with Gasteiger partial charge in [0.2, 0.25) is 5.78 Å². The van der Waals surface area contributed by atoms with Gasteiger partial charge in [-0.2, -0.15) is 11.8 Å². The van der Waals surface area contributed by atoms with Gasteiger partial charge in [0.1, 0.15) is 17.3 Å². The third-order valence-electron chi connectivity index (χ3n) is 8.19. The highest BCUT2D eigenvalue weighted by Crippen LogP contribution is 2.55. The second-order valence-electron chi connectivity index (χ2n) is 10.5. The van der Waals surface area contributed by atoms with E-state index in [9.17, 15) is 30.0 Å². The normalized spacial score (nSPS) is 29.9. The van der Waals surface area contributed by atoms with E-state index in [2.05, 4.69) is 6.92 Å². The number of phenolic OH excluding ortho intramolecular Hbond substituents is 1. The Balaban J connectivity index is 1.81. The van der Waals surface area contributed by atoms with Crippen molar-refractivity contribution in [3.05, 3.63) is 52.0 Å². The number of ketones is 2. The van der Waals surface area contributed by atoms with Gasteiger partial charge in [-0.05, 0) is 57.2 Å². The molecule has 3 aliphatic rings. The first-order chi connectivity index (χ1) is 17.1. The van der Waals surface area contributed by atoms with Crippen LogP contribution in [-0.2, 0) is 4.79 Å². The fourth-order valence-corrected chi connectivity index (χ4v) is 7.57. The number of carbonyl (C=O) groups excluding carboxylic acids is 2. The lowest BCUT2D eigenvalue weighted by atomic mass is 9.56. The van der Waals surface area contributed by atoms with Crippen molar-refractivity contribution in [1.29, 1.82) is 0 Å². The Hall–Kier alpha value is -2.29. The number of hydrogen-bond acceptors (Lipinski definition) is 8. The van der Waals surface area contributed by atoms with Crippen LogP contribution in [0.5, 0.6) is 5.75 Å². The third-order valence-corrected chi connectivity index (χ3v) is 9.36. The van der Waals surface area contributed by atoms with E-state index < -0.39 is 40.8 Å². The van der Waals surface area contributed by atoms with Gasteiger partial charge < -0.3 is 20.4 Å². The van der Waals surface area contributed by atoms with Crippen LogP contribution >= 0.6 is 11.8 Å². The zero-order chi connectivity index (χ0) is 26.4. The van der Waals surface area contributed by atoms with Gasteiger partial charge in [0.15, 0.2) is 11.4 Å². The zero-order valence-corrected chi connectivity index (χ0v) is 22.3. The van der Waals surface area contributed by atoms with Crippen LogP contribution in [0.1, 0.15) is 67.8 Å². The molecule has 4 N–H and O–H groups in total. The van der Waals surface area contributed by atoms with Gasteiger partial charge in [0.05, 0.1) is 11.6 Å². The average molecular weight is 516 g/mol. The van der Waals surface area contributed by atoms with Crippen molar-refractivity contribution in [2.45, 2.75) is 63.5 Å². The highest BCUT2D eigenvalue weighted by Gasteiger charge is 2.62. The number of aliphatic hydroxyl groups excluding tert-OH is 2. The summed E-state index contributed by atoms with van der Waals surface area (Å²) >= 11 is 1.78. The second kappa shape index (κ2) is 10.2. The van der Waals surface area contributed by atoms with E-state index in [4.69, 9.17) is 0 Å². The van der Waals surface area contributed by atoms with Gasteiger partial charge in [-0.3, -0.25) is 14.5 Å². The van der Waals surface area contributed by atoms with Crippen LogP contribution in [0.3, 0.4) is 0 Å². The van der Waals surface area contributed by atoms with Crippen LogP contribution in [0.2, 0.25) is 0 Å². The van der Waals surface area contributed by atoms with Gasteiger partial charge in [-0.1, -0.05) is 38.3 Å². The summed E-state index contributed by atoms with van der Waals surface area (Å²) < 4.78 is 0. The Labute approximate surface area is 216 Å². The molecule has 5 atom stereocenters. The Kier molecular flexibility index (Phi) is 7.60. The summed E-state index contributed by atoms with van der Waals surface area (Å²) in [6, 6.07) is 4.32. The maximum atomic E-state index is 13.7. The van der Waals surface area contributed by atoms with Gasteiger partial charge in [0, 0.05) is 28.7 Å². The topological polar surface area (TPSA) is 118 Å². The summed E-state index contributed by atoms with van der Waals surface area (Å²) in [4.78, 5) is 28.7. The minimum atomic E-state index is -2.31. The summed E-state index contributed by atoms with van der Waals surface area (Å²) in [5.41, 5.74) is -1.46. The summed E-state index contributed by atoms with van der Waals surface area (Å²) in [5, 5.41) is 44.7. The first-order valence-corrected chi connectivity index (χ1v) is 13.9.